The zero-order valence-electron chi connectivity index (χ0n) is 12.4. The highest BCUT2D eigenvalue weighted by Crippen LogP contribution is 2.33. The SMILES string of the molecule is O=S(=O)(c1c(Cl)cccc1Cl)N(Cc1ccco1)Cc1ccco1. The molecule has 0 aliphatic rings. The van der Waals surface area contributed by atoms with Gasteiger partial charge in [-0.1, -0.05) is 29.3 Å². The smallest absolute Gasteiger partial charge is 0.246 e. The lowest BCUT2D eigenvalue weighted by Gasteiger charge is -2.21. The summed E-state index contributed by atoms with van der Waals surface area (Å²) in [5, 5.41) is 0.123. The van der Waals surface area contributed by atoms with Crippen LogP contribution in [-0.2, 0) is 23.1 Å². The van der Waals surface area contributed by atoms with Gasteiger partial charge in [-0.2, -0.15) is 4.31 Å². The first kappa shape index (κ1) is 17.1. The van der Waals surface area contributed by atoms with Crippen LogP contribution in [0.3, 0.4) is 0 Å². The van der Waals surface area contributed by atoms with Crippen LogP contribution in [0, 0.1) is 0 Å². The number of benzene rings is 1. The van der Waals surface area contributed by atoms with Gasteiger partial charge in [0.05, 0.1) is 35.7 Å². The second kappa shape index (κ2) is 7.03. The van der Waals surface area contributed by atoms with E-state index >= 15 is 0 Å². The minimum atomic E-state index is -3.97. The van der Waals surface area contributed by atoms with Crippen molar-refractivity contribution in [3.8, 4) is 0 Å². The van der Waals surface area contributed by atoms with Gasteiger partial charge in [-0.25, -0.2) is 8.42 Å². The normalized spacial score (nSPS) is 12.0. The van der Waals surface area contributed by atoms with Crippen LogP contribution in [0.15, 0.2) is 68.7 Å². The third-order valence-electron chi connectivity index (χ3n) is 3.34. The Morgan fingerprint density at radius 1 is 0.833 bits per heavy atom. The third-order valence-corrected chi connectivity index (χ3v) is 6.09. The molecule has 0 saturated heterocycles. The van der Waals surface area contributed by atoms with Gasteiger partial charge in [0.2, 0.25) is 10.0 Å². The van der Waals surface area contributed by atoms with E-state index in [9.17, 15) is 8.42 Å². The highest BCUT2D eigenvalue weighted by molar-refractivity contribution is 7.89. The maximum Gasteiger partial charge on any atom is 0.246 e. The van der Waals surface area contributed by atoms with Gasteiger partial charge in [0.1, 0.15) is 16.4 Å². The first-order valence-corrected chi connectivity index (χ1v) is 9.17. The van der Waals surface area contributed by atoms with E-state index in [4.69, 9.17) is 32.0 Å². The van der Waals surface area contributed by atoms with Gasteiger partial charge in [0.15, 0.2) is 0 Å². The number of halogens is 2. The molecule has 0 saturated carbocycles. The Labute approximate surface area is 149 Å². The first-order valence-electron chi connectivity index (χ1n) is 6.97. The number of furan rings is 2. The Morgan fingerprint density at radius 2 is 1.33 bits per heavy atom. The summed E-state index contributed by atoms with van der Waals surface area (Å²) in [6.07, 6.45) is 2.96. The standard InChI is InChI=1S/C16H13Cl2NO4S/c17-14-6-1-7-15(18)16(14)24(20,21)19(10-12-4-2-8-22-12)11-13-5-3-9-23-13/h1-9H,10-11H2. The summed E-state index contributed by atoms with van der Waals surface area (Å²) in [5.74, 6) is 0.988. The van der Waals surface area contributed by atoms with Gasteiger partial charge in [-0.3, -0.25) is 0 Å². The topological polar surface area (TPSA) is 63.7 Å². The molecule has 0 unspecified atom stereocenters. The van der Waals surface area contributed by atoms with Crippen molar-refractivity contribution in [3.63, 3.8) is 0 Å². The van der Waals surface area contributed by atoms with Crippen molar-refractivity contribution >= 4 is 33.2 Å². The van der Waals surface area contributed by atoms with Crippen molar-refractivity contribution in [1.29, 1.82) is 0 Å². The molecule has 0 bridgehead atoms. The van der Waals surface area contributed by atoms with Gasteiger partial charge in [0.25, 0.3) is 0 Å². The zero-order valence-corrected chi connectivity index (χ0v) is 14.7. The molecule has 2 aromatic heterocycles. The van der Waals surface area contributed by atoms with E-state index in [1.54, 1.807) is 30.3 Å². The van der Waals surface area contributed by atoms with Gasteiger partial charge in [-0.05, 0) is 36.4 Å². The average molecular weight is 386 g/mol. The van der Waals surface area contributed by atoms with Crippen LogP contribution < -0.4 is 0 Å². The fourth-order valence-corrected chi connectivity index (χ4v) is 4.70. The molecule has 0 aliphatic heterocycles. The molecular formula is C16H13Cl2NO4S. The van der Waals surface area contributed by atoms with Crippen LogP contribution in [0.4, 0.5) is 0 Å². The van der Waals surface area contributed by atoms with E-state index in [0.717, 1.165) is 0 Å². The number of nitrogens with zero attached hydrogens (tertiary/aromatic N) is 1. The molecule has 126 valence electrons. The van der Waals surface area contributed by atoms with E-state index in [0.29, 0.717) is 11.5 Å². The van der Waals surface area contributed by atoms with Crippen LogP contribution in [0.1, 0.15) is 11.5 Å². The lowest BCUT2D eigenvalue weighted by atomic mass is 10.4. The lowest BCUT2D eigenvalue weighted by molar-refractivity contribution is 0.330. The molecule has 0 spiro atoms. The highest BCUT2D eigenvalue weighted by atomic mass is 35.5. The van der Waals surface area contributed by atoms with Crippen LogP contribution in [-0.4, -0.2) is 12.7 Å². The molecule has 8 heteroatoms. The van der Waals surface area contributed by atoms with E-state index in [-0.39, 0.29) is 28.0 Å². The third kappa shape index (κ3) is 3.52. The van der Waals surface area contributed by atoms with Gasteiger partial charge in [0, 0.05) is 0 Å². The molecule has 2 heterocycles. The second-order valence-electron chi connectivity index (χ2n) is 4.98. The summed E-state index contributed by atoms with van der Waals surface area (Å²) < 4.78 is 38.0. The molecule has 0 radical (unpaired) electrons. The van der Waals surface area contributed by atoms with Crippen molar-refractivity contribution in [3.05, 3.63) is 76.6 Å². The number of sulfonamides is 1. The van der Waals surface area contributed by atoms with Crippen molar-refractivity contribution in [2.75, 3.05) is 0 Å². The summed E-state index contributed by atoms with van der Waals surface area (Å²) in [6, 6.07) is 11.3. The summed E-state index contributed by atoms with van der Waals surface area (Å²) in [4.78, 5) is -0.133. The van der Waals surface area contributed by atoms with Crippen molar-refractivity contribution in [2.45, 2.75) is 18.0 Å². The lowest BCUT2D eigenvalue weighted by Crippen LogP contribution is -2.30. The fraction of sp³-hybridized carbons (Fsp3) is 0.125. The summed E-state index contributed by atoms with van der Waals surface area (Å²) >= 11 is 12.2. The van der Waals surface area contributed by atoms with E-state index in [2.05, 4.69) is 0 Å². The molecule has 0 amide bonds. The maximum absolute atomic E-state index is 13.1. The molecular weight excluding hydrogens is 373 g/mol. The predicted octanol–water partition coefficient (Wildman–Crippen LogP) is 4.57. The molecule has 5 nitrogen and oxygen atoms in total. The fourth-order valence-electron chi connectivity index (χ4n) is 2.24. The Morgan fingerprint density at radius 3 is 1.75 bits per heavy atom. The highest BCUT2D eigenvalue weighted by Gasteiger charge is 2.30. The minimum absolute atomic E-state index is 0.0254. The Hall–Kier alpha value is -1.73. The van der Waals surface area contributed by atoms with Gasteiger partial charge in [-0.15, -0.1) is 0 Å². The van der Waals surface area contributed by atoms with Crippen LogP contribution in [0.25, 0.3) is 0 Å². The summed E-state index contributed by atoms with van der Waals surface area (Å²) in [5.41, 5.74) is 0. The summed E-state index contributed by atoms with van der Waals surface area (Å²) in [7, 11) is -3.97. The maximum atomic E-state index is 13.1. The molecule has 0 atom stereocenters. The molecule has 1 aromatic carbocycles. The average Bonchev–Trinajstić information content (AvgIpc) is 3.19. The molecule has 3 aromatic rings. The van der Waals surface area contributed by atoms with Crippen LogP contribution in [0.2, 0.25) is 10.0 Å². The molecule has 0 aliphatic carbocycles. The number of hydrogen-bond acceptors (Lipinski definition) is 4. The van der Waals surface area contributed by atoms with E-state index < -0.39 is 10.0 Å². The van der Waals surface area contributed by atoms with Crippen molar-refractivity contribution in [1.82, 2.24) is 4.31 Å². The zero-order chi connectivity index (χ0) is 17.2. The van der Waals surface area contributed by atoms with Gasteiger partial charge < -0.3 is 8.83 Å². The van der Waals surface area contributed by atoms with Gasteiger partial charge >= 0.3 is 0 Å². The second-order valence-corrected chi connectivity index (χ2v) is 7.67. The number of hydrogen-bond donors (Lipinski definition) is 0. The largest absolute Gasteiger partial charge is 0.468 e. The van der Waals surface area contributed by atoms with Crippen molar-refractivity contribution in [2.24, 2.45) is 0 Å². The molecule has 3 rings (SSSR count). The monoisotopic (exact) mass is 385 g/mol. The first-order chi connectivity index (χ1) is 11.5. The van der Waals surface area contributed by atoms with Crippen LogP contribution >= 0.6 is 23.2 Å². The minimum Gasteiger partial charge on any atom is -0.468 e. The molecule has 0 N–H and O–H groups in total. The molecule has 0 fully saturated rings. The van der Waals surface area contributed by atoms with Crippen LogP contribution in [0.5, 0.6) is 0 Å². The molecule has 24 heavy (non-hydrogen) atoms. The Kier molecular flexibility index (Phi) is 5.01. The quantitative estimate of drug-likeness (QED) is 0.623. The summed E-state index contributed by atoms with van der Waals surface area (Å²) in [6.45, 7) is 0.0508. The Bertz CT molecular complexity index is 849. The van der Waals surface area contributed by atoms with Crippen molar-refractivity contribution < 1.29 is 17.3 Å². The van der Waals surface area contributed by atoms with E-state index in [1.165, 1.54) is 29.0 Å². The Balaban J connectivity index is 2.02. The predicted molar refractivity (Wildman–Crippen MR) is 90.3 cm³/mol. The number of rotatable bonds is 6. The van der Waals surface area contributed by atoms with E-state index in [1.807, 2.05) is 0 Å².